The first kappa shape index (κ1) is 19.6. The third kappa shape index (κ3) is 7.68. The number of methoxy groups -OCH3 is 1. The smallest absolute Gasteiger partial charge is 0.328 e. The van der Waals surface area contributed by atoms with Gasteiger partial charge in [0, 0.05) is 6.08 Å². The number of aliphatic carboxylic acids is 1. The Balaban J connectivity index is 2.64. The second kappa shape index (κ2) is 10.3. The van der Waals surface area contributed by atoms with Crippen LogP contribution in [0.15, 0.2) is 47.6 Å². The maximum Gasteiger partial charge on any atom is 0.328 e. The molecule has 4 nitrogen and oxygen atoms in total. The average Bonchev–Trinajstić information content (AvgIpc) is 2.53. The van der Waals surface area contributed by atoms with Crippen molar-refractivity contribution in [1.82, 2.24) is 0 Å². The summed E-state index contributed by atoms with van der Waals surface area (Å²) in [6.07, 6.45) is 8.96. The number of carboxylic acids is 1. The molecule has 0 spiro atoms. The van der Waals surface area contributed by atoms with Crippen LogP contribution in [0.4, 0.5) is 0 Å². The summed E-state index contributed by atoms with van der Waals surface area (Å²) in [7, 11) is 1.56. The molecule has 0 aliphatic rings. The van der Waals surface area contributed by atoms with Crippen molar-refractivity contribution in [1.29, 1.82) is 0 Å². The van der Waals surface area contributed by atoms with Crippen LogP contribution in [0.1, 0.15) is 39.2 Å². The molecule has 0 unspecified atom stereocenters. The molecule has 1 N–H and O–H groups in total. The molecule has 0 amide bonds. The highest BCUT2D eigenvalue weighted by atomic mass is 16.5. The fourth-order valence-corrected chi connectivity index (χ4v) is 2.04. The molecule has 0 saturated carbocycles. The molecule has 1 rings (SSSR count). The van der Waals surface area contributed by atoms with Gasteiger partial charge in [0.2, 0.25) is 0 Å². The predicted molar refractivity (Wildman–Crippen MR) is 97.6 cm³/mol. The molecular formula is C20H26O4. The molecule has 1 aromatic carbocycles. The molecule has 24 heavy (non-hydrogen) atoms. The molecule has 0 bridgehead atoms. The molecule has 4 heteroatoms. The minimum atomic E-state index is -0.983. The first-order valence-corrected chi connectivity index (χ1v) is 7.93. The van der Waals surface area contributed by atoms with Gasteiger partial charge in [-0.1, -0.05) is 23.3 Å². The monoisotopic (exact) mass is 330 g/mol. The van der Waals surface area contributed by atoms with E-state index in [1.807, 2.05) is 0 Å². The molecule has 1 aromatic rings. The molecular weight excluding hydrogens is 304 g/mol. The third-order valence-electron chi connectivity index (χ3n) is 3.37. The molecule has 0 heterocycles. The summed E-state index contributed by atoms with van der Waals surface area (Å²) in [4.78, 5) is 10.6. The van der Waals surface area contributed by atoms with Crippen LogP contribution in [-0.4, -0.2) is 24.8 Å². The lowest BCUT2D eigenvalue weighted by molar-refractivity contribution is -0.131. The van der Waals surface area contributed by atoms with E-state index in [1.54, 1.807) is 25.3 Å². The van der Waals surface area contributed by atoms with Crippen molar-refractivity contribution < 1.29 is 19.4 Å². The van der Waals surface area contributed by atoms with Crippen molar-refractivity contribution in [2.75, 3.05) is 13.7 Å². The van der Waals surface area contributed by atoms with E-state index in [-0.39, 0.29) is 0 Å². The van der Waals surface area contributed by atoms with Crippen LogP contribution >= 0.6 is 0 Å². The fraction of sp³-hybridized carbons (Fsp3) is 0.350. The van der Waals surface area contributed by atoms with E-state index in [2.05, 4.69) is 32.9 Å². The van der Waals surface area contributed by atoms with Gasteiger partial charge in [0.25, 0.3) is 0 Å². The lowest BCUT2D eigenvalue weighted by Gasteiger charge is -2.10. The first-order chi connectivity index (χ1) is 11.4. The van der Waals surface area contributed by atoms with Crippen molar-refractivity contribution in [2.24, 2.45) is 0 Å². The first-order valence-electron chi connectivity index (χ1n) is 7.93. The summed E-state index contributed by atoms with van der Waals surface area (Å²) < 4.78 is 11.1. The quantitative estimate of drug-likeness (QED) is 0.519. The zero-order valence-corrected chi connectivity index (χ0v) is 14.8. The normalized spacial score (nSPS) is 11.4. The number of ether oxygens (including phenoxy) is 2. The van der Waals surface area contributed by atoms with Crippen molar-refractivity contribution in [2.45, 2.75) is 33.6 Å². The summed E-state index contributed by atoms with van der Waals surface area (Å²) in [6, 6.07) is 5.33. The van der Waals surface area contributed by atoms with Crippen LogP contribution in [0.25, 0.3) is 6.08 Å². The molecule has 0 aliphatic carbocycles. The van der Waals surface area contributed by atoms with Crippen LogP contribution in [0, 0.1) is 0 Å². The van der Waals surface area contributed by atoms with Crippen LogP contribution < -0.4 is 9.47 Å². The summed E-state index contributed by atoms with van der Waals surface area (Å²) in [5, 5.41) is 8.66. The van der Waals surface area contributed by atoms with Crippen LogP contribution in [0.2, 0.25) is 0 Å². The van der Waals surface area contributed by atoms with E-state index in [9.17, 15) is 4.79 Å². The van der Waals surface area contributed by atoms with E-state index in [0.29, 0.717) is 18.1 Å². The van der Waals surface area contributed by atoms with Gasteiger partial charge in [-0.15, -0.1) is 0 Å². The highest BCUT2D eigenvalue weighted by molar-refractivity contribution is 5.85. The van der Waals surface area contributed by atoms with Crippen molar-refractivity contribution in [3.8, 4) is 11.5 Å². The Hall–Kier alpha value is -2.49. The molecule has 0 fully saturated rings. The van der Waals surface area contributed by atoms with Gasteiger partial charge >= 0.3 is 5.97 Å². The second-order valence-corrected chi connectivity index (χ2v) is 5.76. The Bertz CT molecular complexity index is 635. The number of hydrogen-bond acceptors (Lipinski definition) is 3. The standard InChI is InChI=1S/C20H26O4/c1-15(2)6-5-7-16(3)12-13-24-18-10-8-17(9-11-20(21)22)14-19(18)23-4/h6,8-12,14H,5,7,13H2,1-4H3,(H,21,22)/b11-9?,16-12+. The lowest BCUT2D eigenvalue weighted by Crippen LogP contribution is -1.98. The van der Waals surface area contributed by atoms with E-state index in [1.165, 1.54) is 17.2 Å². The SMILES string of the molecule is COc1cc(C=CC(=O)O)ccc1OC/C=C(\C)CCC=C(C)C. The van der Waals surface area contributed by atoms with Gasteiger partial charge in [-0.25, -0.2) is 4.79 Å². The number of benzene rings is 1. The van der Waals surface area contributed by atoms with Gasteiger partial charge in [-0.2, -0.15) is 0 Å². The summed E-state index contributed by atoms with van der Waals surface area (Å²) in [6.45, 7) is 6.77. The van der Waals surface area contributed by atoms with Crippen LogP contribution in [0.5, 0.6) is 11.5 Å². The number of hydrogen-bond donors (Lipinski definition) is 1. The molecule has 0 atom stereocenters. The topological polar surface area (TPSA) is 55.8 Å². The fourth-order valence-electron chi connectivity index (χ4n) is 2.04. The molecule has 0 saturated heterocycles. The highest BCUT2D eigenvalue weighted by Crippen LogP contribution is 2.28. The van der Waals surface area contributed by atoms with Crippen molar-refractivity contribution >= 4 is 12.0 Å². The Labute approximate surface area is 144 Å². The van der Waals surface area contributed by atoms with Gasteiger partial charge in [0.05, 0.1) is 7.11 Å². The number of allylic oxidation sites excluding steroid dienone is 3. The lowest BCUT2D eigenvalue weighted by atomic mass is 10.1. The van der Waals surface area contributed by atoms with E-state index in [4.69, 9.17) is 14.6 Å². The van der Waals surface area contributed by atoms with Gasteiger partial charge in [-0.3, -0.25) is 0 Å². The maximum atomic E-state index is 10.6. The van der Waals surface area contributed by atoms with E-state index in [0.717, 1.165) is 24.5 Å². The van der Waals surface area contributed by atoms with Crippen LogP contribution in [-0.2, 0) is 4.79 Å². The Morgan fingerprint density at radius 3 is 2.54 bits per heavy atom. The van der Waals surface area contributed by atoms with Gasteiger partial charge < -0.3 is 14.6 Å². The van der Waals surface area contributed by atoms with Gasteiger partial charge in [0.15, 0.2) is 11.5 Å². The summed E-state index contributed by atoms with van der Waals surface area (Å²) >= 11 is 0. The zero-order chi connectivity index (χ0) is 17.9. The Morgan fingerprint density at radius 2 is 1.92 bits per heavy atom. The maximum absolute atomic E-state index is 10.6. The van der Waals surface area contributed by atoms with Gasteiger partial charge in [-0.05, 0) is 63.5 Å². The van der Waals surface area contributed by atoms with Gasteiger partial charge in [0.1, 0.15) is 6.61 Å². The zero-order valence-electron chi connectivity index (χ0n) is 14.8. The number of carboxylic acid groups (broad SMARTS) is 1. The number of carbonyl (C=O) groups is 1. The minimum absolute atomic E-state index is 0.474. The Kier molecular flexibility index (Phi) is 8.41. The molecule has 0 aliphatic heterocycles. The highest BCUT2D eigenvalue weighted by Gasteiger charge is 2.04. The summed E-state index contributed by atoms with van der Waals surface area (Å²) in [5.41, 5.74) is 3.36. The summed E-state index contributed by atoms with van der Waals surface area (Å²) in [5.74, 6) is 0.236. The largest absolute Gasteiger partial charge is 0.493 e. The van der Waals surface area contributed by atoms with Crippen LogP contribution in [0.3, 0.4) is 0 Å². The van der Waals surface area contributed by atoms with Crippen molar-refractivity contribution in [3.63, 3.8) is 0 Å². The third-order valence-corrected chi connectivity index (χ3v) is 3.37. The number of rotatable bonds is 9. The van der Waals surface area contributed by atoms with Crippen molar-refractivity contribution in [3.05, 3.63) is 53.1 Å². The van der Waals surface area contributed by atoms with E-state index >= 15 is 0 Å². The predicted octanol–water partition coefficient (Wildman–Crippen LogP) is 4.86. The molecule has 130 valence electrons. The van der Waals surface area contributed by atoms with E-state index < -0.39 is 5.97 Å². The second-order valence-electron chi connectivity index (χ2n) is 5.76. The molecule has 0 radical (unpaired) electrons. The average molecular weight is 330 g/mol. The molecule has 0 aromatic heterocycles. The Morgan fingerprint density at radius 1 is 1.17 bits per heavy atom. The minimum Gasteiger partial charge on any atom is -0.493 e.